The van der Waals surface area contributed by atoms with Gasteiger partial charge in [0, 0.05) is 37.6 Å². The van der Waals surface area contributed by atoms with E-state index in [9.17, 15) is 8.42 Å². The highest BCUT2D eigenvalue weighted by Crippen LogP contribution is 2.14. The van der Waals surface area contributed by atoms with Crippen LogP contribution in [0.1, 0.15) is 0 Å². The van der Waals surface area contributed by atoms with Crippen LogP contribution in [0.5, 0.6) is 0 Å². The Bertz CT molecular complexity index is 304. The van der Waals surface area contributed by atoms with Gasteiger partial charge >= 0.3 is 0 Å². The van der Waals surface area contributed by atoms with E-state index in [1.165, 1.54) is 5.41 Å². The number of hydrogen-bond donors (Lipinski definition) is 1. The zero-order valence-electron chi connectivity index (χ0n) is 7.44. The van der Waals surface area contributed by atoms with Gasteiger partial charge in [-0.15, -0.1) is 0 Å². The van der Waals surface area contributed by atoms with Gasteiger partial charge in [0.1, 0.15) is 0 Å². The molecule has 1 atom stereocenters. The fourth-order valence-corrected chi connectivity index (χ4v) is 3.13. The van der Waals surface area contributed by atoms with E-state index < -0.39 is 9.84 Å². The lowest BCUT2D eigenvalue weighted by atomic mass is 10.2. The topological polar surface area (TPSA) is 49.4 Å². The molecule has 0 aliphatic carbocycles. The summed E-state index contributed by atoms with van der Waals surface area (Å²) < 4.78 is 22.3. The number of piperazine rings is 1. The van der Waals surface area contributed by atoms with Gasteiger partial charge in [-0.1, -0.05) is 6.08 Å². The Hall–Kier alpha value is -0.390. The number of rotatable bonds is 1. The summed E-state index contributed by atoms with van der Waals surface area (Å²) in [4.78, 5) is 2.22. The van der Waals surface area contributed by atoms with Crippen LogP contribution < -0.4 is 5.32 Å². The Labute approximate surface area is 78.5 Å². The van der Waals surface area contributed by atoms with Crippen molar-refractivity contribution in [2.75, 3.05) is 31.9 Å². The third-order valence-corrected chi connectivity index (χ3v) is 3.91. The fourth-order valence-electron chi connectivity index (χ4n) is 1.80. The van der Waals surface area contributed by atoms with E-state index in [0.29, 0.717) is 0 Å². The molecule has 2 aliphatic rings. The highest BCUT2D eigenvalue weighted by atomic mass is 32.2. The maximum atomic E-state index is 11.2. The van der Waals surface area contributed by atoms with Crippen molar-refractivity contribution in [1.82, 2.24) is 10.2 Å². The van der Waals surface area contributed by atoms with Crippen LogP contribution >= 0.6 is 0 Å². The summed E-state index contributed by atoms with van der Waals surface area (Å²) in [6.07, 6.45) is 1.81. The van der Waals surface area contributed by atoms with Gasteiger partial charge in [-0.3, -0.25) is 4.90 Å². The SMILES string of the molecule is O=S1(=O)C=CC(N2CCNCC2)C1. The first-order valence-electron chi connectivity index (χ1n) is 4.53. The molecule has 0 bridgehead atoms. The summed E-state index contributed by atoms with van der Waals surface area (Å²) in [5.41, 5.74) is 0. The summed E-state index contributed by atoms with van der Waals surface area (Å²) >= 11 is 0. The van der Waals surface area contributed by atoms with Gasteiger partial charge in [-0.2, -0.15) is 0 Å². The number of nitrogens with zero attached hydrogens (tertiary/aromatic N) is 1. The molecule has 0 spiro atoms. The standard InChI is InChI=1S/C8H14N2O2S/c11-13(12)6-1-8(7-13)10-4-2-9-3-5-10/h1,6,8-9H,2-5,7H2. The van der Waals surface area contributed by atoms with Crippen LogP contribution in [0.15, 0.2) is 11.5 Å². The third kappa shape index (κ3) is 2.10. The second-order valence-corrected chi connectivity index (χ2v) is 5.44. The summed E-state index contributed by atoms with van der Waals surface area (Å²) in [5, 5.41) is 4.59. The van der Waals surface area contributed by atoms with Crippen LogP contribution in [-0.2, 0) is 9.84 Å². The van der Waals surface area contributed by atoms with Crippen LogP contribution in [0.2, 0.25) is 0 Å². The molecule has 4 nitrogen and oxygen atoms in total. The summed E-state index contributed by atoms with van der Waals surface area (Å²) in [5.74, 6) is 0.271. The van der Waals surface area contributed by atoms with Crippen molar-refractivity contribution in [3.8, 4) is 0 Å². The molecule has 0 aromatic carbocycles. The normalized spacial score (nSPS) is 33.7. The Morgan fingerprint density at radius 1 is 1.31 bits per heavy atom. The van der Waals surface area contributed by atoms with E-state index in [1.807, 2.05) is 0 Å². The highest BCUT2D eigenvalue weighted by Gasteiger charge is 2.27. The molecule has 0 aromatic heterocycles. The van der Waals surface area contributed by atoms with Crippen molar-refractivity contribution in [3.63, 3.8) is 0 Å². The van der Waals surface area contributed by atoms with E-state index in [0.717, 1.165) is 26.2 Å². The number of hydrogen-bond acceptors (Lipinski definition) is 4. The first-order chi connectivity index (χ1) is 6.17. The lowest BCUT2D eigenvalue weighted by Gasteiger charge is -2.31. The molecule has 0 saturated carbocycles. The molecule has 1 unspecified atom stereocenters. The van der Waals surface area contributed by atoms with E-state index in [4.69, 9.17) is 0 Å². The smallest absolute Gasteiger partial charge is 0.173 e. The second kappa shape index (κ2) is 3.40. The van der Waals surface area contributed by atoms with Gasteiger partial charge in [0.2, 0.25) is 0 Å². The third-order valence-electron chi connectivity index (χ3n) is 2.53. The zero-order valence-corrected chi connectivity index (χ0v) is 8.26. The maximum Gasteiger partial charge on any atom is 0.173 e. The van der Waals surface area contributed by atoms with E-state index in [1.54, 1.807) is 6.08 Å². The van der Waals surface area contributed by atoms with Crippen LogP contribution in [0.25, 0.3) is 0 Å². The largest absolute Gasteiger partial charge is 0.314 e. The van der Waals surface area contributed by atoms with Gasteiger partial charge < -0.3 is 5.32 Å². The molecule has 2 rings (SSSR count). The molecular formula is C8H14N2O2S. The lowest BCUT2D eigenvalue weighted by molar-refractivity contribution is 0.215. The van der Waals surface area contributed by atoms with E-state index in [-0.39, 0.29) is 11.8 Å². The molecular weight excluding hydrogens is 188 g/mol. The molecule has 0 aromatic rings. The zero-order chi connectivity index (χ0) is 9.31. The minimum atomic E-state index is -2.89. The first-order valence-corrected chi connectivity index (χ1v) is 6.25. The van der Waals surface area contributed by atoms with Gasteiger partial charge in [-0.05, 0) is 0 Å². The molecule has 1 fully saturated rings. The molecule has 13 heavy (non-hydrogen) atoms. The number of sulfone groups is 1. The molecule has 1 saturated heterocycles. The molecule has 2 heterocycles. The highest BCUT2D eigenvalue weighted by molar-refractivity contribution is 7.94. The van der Waals surface area contributed by atoms with Crippen molar-refractivity contribution < 1.29 is 8.42 Å². The van der Waals surface area contributed by atoms with Crippen molar-refractivity contribution in [2.45, 2.75) is 6.04 Å². The van der Waals surface area contributed by atoms with Crippen molar-refractivity contribution >= 4 is 9.84 Å². The molecule has 0 amide bonds. The molecule has 74 valence electrons. The maximum absolute atomic E-state index is 11.2. The van der Waals surface area contributed by atoms with Crippen LogP contribution in [0.3, 0.4) is 0 Å². The van der Waals surface area contributed by atoms with Crippen LogP contribution in [0, 0.1) is 0 Å². The Morgan fingerprint density at radius 3 is 2.54 bits per heavy atom. The summed E-state index contributed by atoms with van der Waals surface area (Å²) in [6, 6.07) is 0.118. The van der Waals surface area contributed by atoms with E-state index >= 15 is 0 Å². The Balaban J connectivity index is 1.99. The van der Waals surface area contributed by atoms with Crippen LogP contribution in [-0.4, -0.2) is 51.3 Å². The lowest BCUT2D eigenvalue weighted by Crippen LogP contribution is -2.48. The molecule has 1 N–H and O–H groups in total. The van der Waals surface area contributed by atoms with Crippen LogP contribution in [0.4, 0.5) is 0 Å². The molecule has 0 radical (unpaired) electrons. The van der Waals surface area contributed by atoms with Gasteiger partial charge in [0.05, 0.1) is 5.75 Å². The average molecular weight is 202 g/mol. The van der Waals surface area contributed by atoms with Crippen molar-refractivity contribution in [1.29, 1.82) is 0 Å². The predicted octanol–water partition coefficient (Wildman–Crippen LogP) is -0.798. The molecule has 2 aliphatic heterocycles. The minimum Gasteiger partial charge on any atom is -0.314 e. The first kappa shape index (κ1) is 9.18. The second-order valence-electron chi connectivity index (χ2n) is 3.51. The minimum absolute atomic E-state index is 0.118. The van der Waals surface area contributed by atoms with Gasteiger partial charge in [-0.25, -0.2) is 8.42 Å². The fraction of sp³-hybridized carbons (Fsp3) is 0.750. The monoisotopic (exact) mass is 202 g/mol. The Morgan fingerprint density at radius 2 is 2.00 bits per heavy atom. The van der Waals surface area contributed by atoms with Crippen molar-refractivity contribution in [3.05, 3.63) is 11.5 Å². The summed E-state index contributed by atoms with van der Waals surface area (Å²) in [7, 11) is -2.89. The number of nitrogens with one attached hydrogen (secondary N) is 1. The summed E-state index contributed by atoms with van der Waals surface area (Å²) in [6.45, 7) is 3.82. The van der Waals surface area contributed by atoms with Crippen molar-refractivity contribution in [2.24, 2.45) is 0 Å². The Kier molecular flexibility index (Phi) is 2.40. The quantitative estimate of drug-likeness (QED) is 0.605. The average Bonchev–Trinajstić information content (AvgIpc) is 2.48. The molecule has 5 heteroatoms. The predicted molar refractivity (Wildman–Crippen MR) is 51.2 cm³/mol. The van der Waals surface area contributed by atoms with Gasteiger partial charge in [0.15, 0.2) is 9.84 Å². The van der Waals surface area contributed by atoms with E-state index in [2.05, 4.69) is 10.2 Å². The van der Waals surface area contributed by atoms with Gasteiger partial charge in [0.25, 0.3) is 0 Å².